The number of nitrogens with zero attached hydrogens (tertiary/aromatic N) is 2. The molecule has 3 nitrogen and oxygen atoms in total. The fourth-order valence-corrected chi connectivity index (χ4v) is 2.64. The summed E-state index contributed by atoms with van der Waals surface area (Å²) in [7, 11) is 0. The van der Waals surface area contributed by atoms with Crippen LogP contribution in [-0.2, 0) is 6.42 Å². The minimum Gasteiger partial charge on any atom is -0.339 e. The summed E-state index contributed by atoms with van der Waals surface area (Å²) in [6, 6.07) is 24.5. The first kappa shape index (κ1) is 12.8. The van der Waals surface area contributed by atoms with E-state index < -0.39 is 0 Å². The summed E-state index contributed by atoms with van der Waals surface area (Å²) in [5.74, 6) is 1.27. The molecule has 106 valence electrons. The van der Waals surface area contributed by atoms with Crippen molar-refractivity contribution in [1.29, 1.82) is 0 Å². The van der Waals surface area contributed by atoms with Crippen LogP contribution in [0, 0.1) is 0 Å². The van der Waals surface area contributed by atoms with Gasteiger partial charge in [-0.1, -0.05) is 78.0 Å². The van der Waals surface area contributed by atoms with Gasteiger partial charge in [-0.15, -0.1) is 0 Å². The molecule has 22 heavy (non-hydrogen) atoms. The molecule has 0 unspecified atom stereocenters. The maximum absolute atomic E-state index is 5.41. The van der Waals surface area contributed by atoms with E-state index in [0.29, 0.717) is 18.1 Å². The van der Waals surface area contributed by atoms with Crippen molar-refractivity contribution >= 4 is 10.8 Å². The Balaban J connectivity index is 1.68. The van der Waals surface area contributed by atoms with E-state index in [-0.39, 0.29) is 0 Å². The molecule has 0 aliphatic rings. The second kappa shape index (κ2) is 5.45. The van der Waals surface area contributed by atoms with Gasteiger partial charge in [-0.25, -0.2) is 0 Å². The molecule has 1 aromatic heterocycles. The molecule has 4 rings (SSSR count). The highest BCUT2D eigenvalue weighted by molar-refractivity contribution is 5.85. The highest BCUT2D eigenvalue weighted by atomic mass is 16.5. The van der Waals surface area contributed by atoms with Crippen LogP contribution in [0.3, 0.4) is 0 Å². The van der Waals surface area contributed by atoms with Gasteiger partial charge in [0, 0.05) is 5.56 Å². The fraction of sp³-hybridized carbons (Fsp3) is 0.0526. The predicted molar refractivity (Wildman–Crippen MR) is 86.5 cm³/mol. The Kier molecular flexibility index (Phi) is 3.16. The van der Waals surface area contributed by atoms with E-state index in [1.165, 1.54) is 16.3 Å². The van der Waals surface area contributed by atoms with Gasteiger partial charge in [-0.3, -0.25) is 0 Å². The summed E-state index contributed by atoms with van der Waals surface area (Å²) >= 11 is 0. The van der Waals surface area contributed by atoms with Gasteiger partial charge in [-0.05, 0) is 16.3 Å². The molecule has 0 aliphatic heterocycles. The molecule has 0 spiro atoms. The number of benzene rings is 3. The molecule has 3 heteroatoms. The molecular formula is C19H14N2O. The minimum atomic E-state index is 0.634. The number of aromatic nitrogens is 2. The molecule has 0 saturated carbocycles. The third kappa shape index (κ3) is 2.37. The Hall–Kier alpha value is -2.94. The molecule has 0 N–H and O–H groups in total. The smallest absolute Gasteiger partial charge is 0.231 e. The van der Waals surface area contributed by atoms with Crippen LogP contribution in [0.1, 0.15) is 11.5 Å². The van der Waals surface area contributed by atoms with Crippen LogP contribution >= 0.6 is 0 Å². The highest BCUT2D eigenvalue weighted by Gasteiger charge is 2.10. The average Bonchev–Trinajstić information content (AvgIpc) is 3.05. The van der Waals surface area contributed by atoms with Crippen molar-refractivity contribution < 1.29 is 4.52 Å². The van der Waals surface area contributed by atoms with E-state index in [1.807, 2.05) is 36.4 Å². The van der Waals surface area contributed by atoms with Gasteiger partial charge in [0.05, 0.1) is 6.42 Å². The normalized spacial score (nSPS) is 10.9. The minimum absolute atomic E-state index is 0.634. The molecule has 0 saturated heterocycles. The van der Waals surface area contributed by atoms with E-state index in [0.717, 1.165) is 5.56 Å². The monoisotopic (exact) mass is 286 g/mol. The van der Waals surface area contributed by atoms with Crippen LogP contribution in [0.5, 0.6) is 0 Å². The maximum atomic E-state index is 5.41. The summed E-state index contributed by atoms with van der Waals surface area (Å²) < 4.78 is 5.41. The van der Waals surface area contributed by atoms with Crippen LogP contribution in [0.2, 0.25) is 0 Å². The molecule has 0 radical (unpaired) electrons. The summed E-state index contributed by atoms with van der Waals surface area (Å²) in [6.45, 7) is 0. The summed E-state index contributed by atoms with van der Waals surface area (Å²) in [4.78, 5) is 4.50. The van der Waals surface area contributed by atoms with E-state index in [2.05, 4.69) is 46.5 Å². The molecule has 3 aromatic carbocycles. The standard InChI is InChI=1S/C19H14N2O/c1-2-8-15(9-3-1)19-20-18(22-21-19)13-16-11-6-10-14-7-4-5-12-17(14)16/h1-12H,13H2. The lowest BCUT2D eigenvalue weighted by molar-refractivity contribution is 0.386. The summed E-state index contributed by atoms with van der Waals surface area (Å²) in [5.41, 5.74) is 2.16. The summed E-state index contributed by atoms with van der Waals surface area (Å²) in [6.07, 6.45) is 0.640. The third-order valence-electron chi connectivity index (χ3n) is 3.72. The van der Waals surface area contributed by atoms with Gasteiger partial charge in [0.25, 0.3) is 0 Å². The van der Waals surface area contributed by atoms with E-state index in [4.69, 9.17) is 4.52 Å². The zero-order chi connectivity index (χ0) is 14.8. The second-order valence-corrected chi connectivity index (χ2v) is 5.19. The van der Waals surface area contributed by atoms with Crippen molar-refractivity contribution in [3.63, 3.8) is 0 Å². The van der Waals surface area contributed by atoms with Gasteiger partial charge < -0.3 is 4.52 Å². The van der Waals surface area contributed by atoms with Gasteiger partial charge in [0.1, 0.15) is 0 Å². The highest BCUT2D eigenvalue weighted by Crippen LogP contribution is 2.22. The molecular weight excluding hydrogens is 272 g/mol. The summed E-state index contributed by atoms with van der Waals surface area (Å²) in [5, 5.41) is 6.53. The quantitative estimate of drug-likeness (QED) is 0.557. The van der Waals surface area contributed by atoms with Gasteiger partial charge in [-0.2, -0.15) is 4.98 Å². The van der Waals surface area contributed by atoms with Crippen molar-refractivity contribution in [2.24, 2.45) is 0 Å². The van der Waals surface area contributed by atoms with E-state index in [9.17, 15) is 0 Å². The van der Waals surface area contributed by atoms with E-state index >= 15 is 0 Å². The Bertz CT molecular complexity index is 908. The van der Waals surface area contributed by atoms with Crippen LogP contribution in [-0.4, -0.2) is 10.1 Å². The van der Waals surface area contributed by atoms with Gasteiger partial charge in [0.15, 0.2) is 0 Å². The first-order valence-corrected chi connectivity index (χ1v) is 7.25. The largest absolute Gasteiger partial charge is 0.339 e. The van der Waals surface area contributed by atoms with Crippen LogP contribution in [0.4, 0.5) is 0 Å². The lowest BCUT2D eigenvalue weighted by Gasteiger charge is -2.03. The van der Waals surface area contributed by atoms with Crippen molar-refractivity contribution in [2.75, 3.05) is 0 Å². The Morgan fingerprint density at radius 2 is 1.55 bits per heavy atom. The van der Waals surface area contributed by atoms with Crippen molar-refractivity contribution in [3.8, 4) is 11.4 Å². The maximum Gasteiger partial charge on any atom is 0.231 e. The number of fused-ring (bicyclic) bond motifs is 1. The zero-order valence-corrected chi connectivity index (χ0v) is 11.9. The second-order valence-electron chi connectivity index (χ2n) is 5.19. The Morgan fingerprint density at radius 3 is 2.45 bits per heavy atom. The topological polar surface area (TPSA) is 38.9 Å². The molecule has 1 heterocycles. The SMILES string of the molecule is c1ccc(-c2noc(Cc3cccc4ccccc34)n2)cc1. The number of rotatable bonds is 3. The van der Waals surface area contributed by atoms with Gasteiger partial charge >= 0.3 is 0 Å². The number of hydrogen-bond acceptors (Lipinski definition) is 3. The molecule has 0 aliphatic carbocycles. The number of hydrogen-bond donors (Lipinski definition) is 0. The first-order chi connectivity index (χ1) is 10.9. The average molecular weight is 286 g/mol. The lowest BCUT2D eigenvalue weighted by Crippen LogP contribution is -1.90. The Morgan fingerprint density at radius 1 is 0.773 bits per heavy atom. The Labute approximate surface area is 128 Å². The molecule has 0 atom stereocenters. The van der Waals surface area contributed by atoms with Gasteiger partial charge in [0.2, 0.25) is 11.7 Å². The van der Waals surface area contributed by atoms with E-state index in [1.54, 1.807) is 0 Å². The van der Waals surface area contributed by atoms with Crippen molar-refractivity contribution in [3.05, 3.63) is 84.3 Å². The molecule has 0 bridgehead atoms. The van der Waals surface area contributed by atoms with Crippen LogP contribution in [0.15, 0.2) is 77.3 Å². The molecule has 0 amide bonds. The molecule has 4 aromatic rings. The van der Waals surface area contributed by atoms with Crippen LogP contribution < -0.4 is 0 Å². The predicted octanol–water partition coefficient (Wildman–Crippen LogP) is 4.48. The zero-order valence-electron chi connectivity index (χ0n) is 11.9. The van der Waals surface area contributed by atoms with Crippen molar-refractivity contribution in [1.82, 2.24) is 10.1 Å². The molecule has 0 fully saturated rings. The van der Waals surface area contributed by atoms with Crippen LogP contribution in [0.25, 0.3) is 22.2 Å². The third-order valence-corrected chi connectivity index (χ3v) is 3.72. The lowest BCUT2D eigenvalue weighted by atomic mass is 10.0. The fourth-order valence-electron chi connectivity index (χ4n) is 2.64. The van der Waals surface area contributed by atoms with Crippen molar-refractivity contribution in [2.45, 2.75) is 6.42 Å². The first-order valence-electron chi connectivity index (χ1n) is 7.25.